The molecule has 1 rings (SSSR count). The van der Waals surface area contributed by atoms with Crippen LogP contribution in [0.3, 0.4) is 0 Å². The quantitative estimate of drug-likeness (QED) is 0.584. The van der Waals surface area contributed by atoms with E-state index in [0.717, 1.165) is 11.3 Å². The molecule has 0 saturated heterocycles. The van der Waals surface area contributed by atoms with Crippen molar-refractivity contribution in [1.29, 1.82) is 0 Å². The van der Waals surface area contributed by atoms with Gasteiger partial charge < -0.3 is 15.4 Å². The molecule has 0 spiro atoms. The lowest BCUT2D eigenvalue weighted by Gasteiger charge is -2.08. The van der Waals surface area contributed by atoms with Crippen LogP contribution in [0.1, 0.15) is 47.9 Å². The van der Waals surface area contributed by atoms with E-state index in [1.165, 1.54) is 6.92 Å². The number of thiazole rings is 1. The molecule has 0 atom stereocenters. The lowest BCUT2D eigenvalue weighted by molar-refractivity contribution is -0.119. The van der Waals surface area contributed by atoms with Crippen molar-refractivity contribution < 1.29 is 19.1 Å². The fourth-order valence-corrected chi connectivity index (χ4v) is 2.35. The van der Waals surface area contributed by atoms with Crippen LogP contribution in [0.4, 0.5) is 5.13 Å². The topological polar surface area (TPSA) is 97.4 Å². The number of anilines is 1. The predicted octanol–water partition coefficient (Wildman–Crippen LogP) is 1.46. The monoisotopic (exact) mass is 313 g/mol. The van der Waals surface area contributed by atoms with E-state index in [9.17, 15) is 14.4 Å². The van der Waals surface area contributed by atoms with Crippen LogP contribution < -0.4 is 10.6 Å². The van der Waals surface area contributed by atoms with Gasteiger partial charge in [-0.15, -0.1) is 0 Å². The Bertz CT molecular complexity index is 540. The lowest BCUT2D eigenvalue weighted by atomic mass is 10.3. The Labute approximate surface area is 127 Å². The van der Waals surface area contributed by atoms with Crippen LogP contribution >= 0.6 is 11.3 Å². The maximum atomic E-state index is 11.7. The van der Waals surface area contributed by atoms with E-state index in [4.69, 9.17) is 4.74 Å². The molecule has 1 amide bonds. The van der Waals surface area contributed by atoms with Gasteiger partial charge in [-0.2, -0.15) is 0 Å². The number of ether oxygens (including phenoxy) is 1. The summed E-state index contributed by atoms with van der Waals surface area (Å²) in [4.78, 5) is 39.0. The highest BCUT2D eigenvalue weighted by Crippen LogP contribution is 2.24. The fourth-order valence-electron chi connectivity index (χ4n) is 1.50. The Hall–Kier alpha value is -1.96. The van der Waals surface area contributed by atoms with E-state index in [-0.39, 0.29) is 41.5 Å². The standard InChI is InChI=1S/C13H19N3O4S/c1-5-20-12(19)10-11(8(4)17)21-13(16-10)14-6-9(18)15-7(2)3/h7H,5-6H2,1-4H3,(H,14,16)(H,15,18). The number of hydrogen-bond donors (Lipinski definition) is 2. The minimum Gasteiger partial charge on any atom is -0.461 e. The summed E-state index contributed by atoms with van der Waals surface area (Å²) in [5, 5.41) is 5.85. The Morgan fingerprint density at radius 1 is 1.33 bits per heavy atom. The first-order valence-corrected chi connectivity index (χ1v) is 7.38. The zero-order chi connectivity index (χ0) is 16.0. The first kappa shape index (κ1) is 17.1. The summed E-state index contributed by atoms with van der Waals surface area (Å²) in [6.07, 6.45) is 0. The number of carbonyl (C=O) groups excluding carboxylic acids is 3. The fraction of sp³-hybridized carbons (Fsp3) is 0.538. The van der Waals surface area contributed by atoms with Gasteiger partial charge in [0.05, 0.1) is 13.2 Å². The summed E-state index contributed by atoms with van der Waals surface area (Å²) in [6, 6.07) is 0.0402. The molecule has 21 heavy (non-hydrogen) atoms. The highest BCUT2D eigenvalue weighted by molar-refractivity contribution is 7.17. The van der Waals surface area contributed by atoms with Crippen LogP contribution in [0, 0.1) is 0 Å². The highest BCUT2D eigenvalue weighted by atomic mass is 32.1. The average Bonchev–Trinajstić information content (AvgIpc) is 2.80. The van der Waals surface area contributed by atoms with Crippen LogP contribution in [0.25, 0.3) is 0 Å². The Morgan fingerprint density at radius 2 is 2.00 bits per heavy atom. The molecule has 1 aromatic rings. The average molecular weight is 313 g/mol. The first-order valence-electron chi connectivity index (χ1n) is 6.57. The van der Waals surface area contributed by atoms with Gasteiger partial charge in [0, 0.05) is 13.0 Å². The van der Waals surface area contributed by atoms with Gasteiger partial charge in [-0.1, -0.05) is 11.3 Å². The maximum absolute atomic E-state index is 11.7. The van der Waals surface area contributed by atoms with Crippen LogP contribution in [-0.4, -0.2) is 41.8 Å². The number of carbonyl (C=O) groups is 3. The molecular weight excluding hydrogens is 294 g/mol. The molecule has 7 nitrogen and oxygen atoms in total. The number of nitrogens with zero attached hydrogens (tertiary/aromatic N) is 1. The van der Waals surface area contributed by atoms with E-state index in [0.29, 0.717) is 5.13 Å². The molecule has 8 heteroatoms. The molecule has 0 unspecified atom stereocenters. The van der Waals surface area contributed by atoms with Gasteiger partial charge in [0.25, 0.3) is 0 Å². The van der Waals surface area contributed by atoms with Gasteiger partial charge in [-0.25, -0.2) is 9.78 Å². The number of amides is 1. The molecule has 116 valence electrons. The van der Waals surface area contributed by atoms with E-state index in [1.54, 1.807) is 6.92 Å². The number of ketones is 1. The third kappa shape index (κ3) is 5.14. The van der Waals surface area contributed by atoms with Gasteiger partial charge in [0.1, 0.15) is 4.88 Å². The van der Waals surface area contributed by atoms with Gasteiger partial charge >= 0.3 is 5.97 Å². The normalized spacial score (nSPS) is 10.3. The van der Waals surface area contributed by atoms with Crippen molar-refractivity contribution in [2.24, 2.45) is 0 Å². The SMILES string of the molecule is CCOC(=O)c1nc(NCC(=O)NC(C)C)sc1C(C)=O. The summed E-state index contributed by atoms with van der Waals surface area (Å²) in [7, 11) is 0. The Morgan fingerprint density at radius 3 is 2.52 bits per heavy atom. The second-order valence-corrected chi connectivity index (χ2v) is 5.55. The second kappa shape index (κ2) is 7.72. The molecule has 2 N–H and O–H groups in total. The van der Waals surface area contributed by atoms with Crippen LogP contribution in [0.5, 0.6) is 0 Å². The van der Waals surface area contributed by atoms with Gasteiger partial charge in [0.15, 0.2) is 16.6 Å². The summed E-state index contributed by atoms with van der Waals surface area (Å²) >= 11 is 1.03. The molecule has 0 saturated carbocycles. The van der Waals surface area contributed by atoms with E-state index in [1.807, 2.05) is 13.8 Å². The van der Waals surface area contributed by atoms with Crippen molar-refractivity contribution in [3.05, 3.63) is 10.6 Å². The minimum atomic E-state index is -0.640. The Balaban J connectivity index is 2.80. The molecule has 0 fully saturated rings. The number of esters is 1. The molecule has 0 bridgehead atoms. The maximum Gasteiger partial charge on any atom is 0.358 e. The van der Waals surface area contributed by atoms with Crippen molar-refractivity contribution in [3.8, 4) is 0 Å². The summed E-state index contributed by atoms with van der Waals surface area (Å²) in [5.41, 5.74) is -0.0129. The van der Waals surface area contributed by atoms with Crippen molar-refractivity contribution in [2.45, 2.75) is 33.7 Å². The van der Waals surface area contributed by atoms with E-state index in [2.05, 4.69) is 15.6 Å². The van der Waals surface area contributed by atoms with Gasteiger partial charge in [-0.05, 0) is 20.8 Å². The highest BCUT2D eigenvalue weighted by Gasteiger charge is 2.22. The molecule has 0 aliphatic rings. The molecule has 0 aliphatic heterocycles. The molecular formula is C13H19N3O4S. The molecule has 1 heterocycles. The number of hydrogen-bond acceptors (Lipinski definition) is 7. The largest absolute Gasteiger partial charge is 0.461 e. The van der Waals surface area contributed by atoms with Crippen molar-refractivity contribution in [2.75, 3.05) is 18.5 Å². The number of rotatable bonds is 7. The van der Waals surface area contributed by atoms with Crippen LogP contribution in [0.2, 0.25) is 0 Å². The van der Waals surface area contributed by atoms with Crippen LogP contribution in [-0.2, 0) is 9.53 Å². The molecule has 0 radical (unpaired) electrons. The zero-order valence-electron chi connectivity index (χ0n) is 12.5. The van der Waals surface area contributed by atoms with Gasteiger partial charge in [0.2, 0.25) is 5.91 Å². The summed E-state index contributed by atoms with van der Waals surface area (Å²) < 4.78 is 4.86. The third-order valence-electron chi connectivity index (χ3n) is 2.27. The first-order chi connectivity index (χ1) is 9.85. The molecule has 0 aromatic carbocycles. The zero-order valence-corrected chi connectivity index (χ0v) is 13.3. The van der Waals surface area contributed by atoms with E-state index < -0.39 is 5.97 Å². The van der Waals surface area contributed by atoms with Crippen molar-refractivity contribution >= 4 is 34.1 Å². The summed E-state index contributed by atoms with van der Waals surface area (Å²) in [6.45, 7) is 6.96. The molecule has 1 aromatic heterocycles. The lowest BCUT2D eigenvalue weighted by Crippen LogP contribution is -2.34. The number of aromatic nitrogens is 1. The van der Waals surface area contributed by atoms with Crippen LogP contribution in [0.15, 0.2) is 0 Å². The molecule has 0 aliphatic carbocycles. The second-order valence-electron chi connectivity index (χ2n) is 4.55. The van der Waals surface area contributed by atoms with Crippen molar-refractivity contribution in [1.82, 2.24) is 10.3 Å². The number of Topliss-reactive ketones (excluding diaryl/α,β-unsaturated/α-hetero) is 1. The predicted molar refractivity (Wildman–Crippen MR) is 79.8 cm³/mol. The smallest absolute Gasteiger partial charge is 0.358 e. The van der Waals surface area contributed by atoms with Crippen molar-refractivity contribution in [3.63, 3.8) is 0 Å². The minimum absolute atomic E-state index is 0.0129. The Kier molecular flexibility index (Phi) is 6.29. The summed E-state index contributed by atoms with van der Waals surface area (Å²) in [5.74, 6) is -1.10. The van der Waals surface area contributed by atoms with E-state index >= 15 is 0 Å². The van der Waals surface area contributed by atoms with Gasteiger partial charge in [-0.3, -0.25) is 9.59 Å². The number of nitrogens with one attached hydrogen (secondary N) is 2. The third-order valence-corrected chi connectivity index (χ3v) is 3.38.